The third kappa shape index (κ3) is 4.66. The van der Waals surface area contributed by atoms with Crippen LogP contribution in [-0.2, 0) is 0 Å². The molecule has 0 radical (unpaired) electrons. The predicted molar refractivity (Wildman–Crippen MR) is 87.1 cm³/mol. The van der Waals surface area contributed by atoms with E-state index in [0.29, 0.717) is 6.04 Å². The molecule has 0 saturated heterocycles. The van der Waals surface area contributed by atoms with Crippen LogP contribution in [-0.4, -0.2) is 13.7 Å². The van der Waals surface area contributed by atoms with Crippen molar-refractivity contribution in [2.45, 2.75) is 18.9 Å². The van der Waals surface area contributed by atoms with E-state index in [9.17, 15) is 0 Å². The first-order valence-electron chi connectivity index (χ1n) is 6.90. The molecular formula is C17H20BrNO. The van der Waals surface area contributed by atoms with Crippen LogP contribution in [0, 0.1) is 0 Å². The highest BCUT2D eigenvalue weighted by molar-refractivity contribution is 9.10. The normalized spacial score (nSPS) is 12.1. The van der Waals surface area contributed by atoms with E-state index in [1.54, 1.807) is 0 Å². The van der Waals surface area contributed by atoms with Gasteiger partial charge in [0, 0.05) is 10.5 Å². The van der Waals surface area contributed by atoms with E-state index in [-0.39, 0.29) is 0 Å². The molecular weight excluding hydrogens is 314 g/mol. The van der Waals surface area contributed by atoms with Gasteiger partial charge in [-0.25, -0.2) is 0 Å². The minimum atomic E-state index is 0.393. The third-order valence-electron chi connectivity index (χ3n) is 3.27. The smallest absolute Gasteiger partial charge is 0.119 e. The van der Waals surface area contributed by atoms with Crippen LogP contribution in [0.5, 0.6) is 5.75 Å². The monoisotopic (exact) mass is 333 g/mol. The topological polar surface area (TPSA) is 21.3 Å². The lowest BCUT2D eigenvalue weighted by Gasteiger charge is -2.16. The number of ether oxygens (including phenoxy) is 1. The number of hydrogen-bond donors (Lipinski definition) is 1. The van der Waals surface area contributed by atoms with Crippen LogP contribution in [0.2, 0.25) is 0 Å². The highest BCUT2D eigenvalue weighted by Gasteiger charge is 2.07. The van der Waals surface area contributed by atoms with Crippen molar-refractivity contribution < 1.29 is 4.74 Å². The Kier molecular flexibility index (Phi) is 6.09. The third-order valence-corrected chi connectivity index (χ3v) is 3.80. The highest BCUT2D eigenvalue weighted by Crippen LogP contribution is 2.19. The van der Waals surface area contributed by atoms with Crippen molar-refractivity contribution in [2.24, 2.45) is 0 Å². The first-order valence-corrected chi connectivity index (χ1v) is 7.69. The highest BCUT2D eigenvalue weighted by atomic mass is 79.9. The molecule has 0 bridgehead atoms. The van der Waals surface area contributed by atoms with Gasteiger partial charge in [0.15, 0.2) is 0 Å². The van der Waals surface area contributed by atoms with Crippen LogP contribution in [0.3, 0.4) is 0 Å². The molecule has 2 nitrogen and oxygen atoms in total. The van der Waals surface area contributed by atoms with Gasteiger partial charge in [-0.2, -0.15) is 0 Å². The molecule has 3 heteroatoms. The van der Waals surface area contributed by atoms with Crippen LogP contribution in [0.25, 0.3) is 0 Å². The summed E-state index contributed by atoms with van der Waals surface area (Å²) in [5.41, 5.74) is 1.33. The Labute approximate surface area is 129 Å². The van der Waals surface area contributed by atoms with Crippen molar-refractivity contribution in [1.29, 1.82) is 0 Å². The molecule has 0 aromatic heterocycles. The summed E-state index contributed by atoms with van der Waals surface area (Å²) in [4.78, 5) is 0. The van der Waals surface area contributed by atoms with Crippen LogP contribution in [0.1, 0.15) is 24.4 Å². The fraction of sp³-hybridized carbons (Fsp3) is 0.294. The van der Waals surface area contributed by atoms with Gasteiger partial charge in [0.05, 0.1) is 6.61 Å². The molecule has 20 heavy (non-hydrogen) atoms. The van der Waals surface area contributed by atoms with Gasteiger partial charge in [-0.15, -0.1) is 0 Å². The standard InChI is InChI=1S/C17H20BrNO/c1-19-17(14-6-3-2-4-7-14)8-5-13-20-16-11-9-15(18)10-12-16/h2-4,6-7,9-12,17,19H,5,8,13H2,1H3. The van der Waals surface area contributed by atoms with Gasteiger partial charge in [-0.05, 0) is 49.7 Å². The van der Waals surface area contributed by atoms with E-state index in [0.717, 1.165) is 29.7 Å². The van der Waals surface area contributed by atoms with Crippen molar-refractivity contribution in [3.05, 3.63) is 64.6 Å². The first kappa shape index (κ1) is 15.1. The second kappa shape index (κ2) is 8.08. The lowest BCUT2D eigenvalue weighted by Crippen LogP contribution is -2.17. The summed E-state index contributed by atoms with van der Waals surface area (Å²) >= 11 is 3.42. The predicted octanol–water partition coefficient (Wildman–Crippen LogP) is 4.57. The molecule has 1 unspecified atom stereocenters. The van der Waals surface area contributed by atoms with Crippen molar-refractivity contribution in [1.82, 2.24) is 5.32 Å². The summed E-state index contributed by atoms with van der Waals surface area (Å²) in [6.07, 6.45) is 2.09. The van der Waals surface area contributed by atoms with Crippen LogP contribution < -0.4 is 10.1 Å². The van der Waals surface area contributed by atoms with Gasteiger partial charge in [0.25, 0.3) is 0 Å². The maximum atomic E-state index is 5.74. The largest absolute Gasteiger partial charge is 0.494 e. The van der Waals surface area contributed by atoms with Gasteiger partial charge in [0.2, 0.25) is 0 Å². The van der Waals surface area contributed by atoms with E-state index in [1.807, 2.05) is 37.4 Å². The SMILES string of the molecule is CNC(CCCOc1ccc(Br)cc1)c1ccccc1. The van der Waals surface area contributed by atoms with Gasteiger partial charge in [0.1, 0.15) is 5.75 Å². The Balaban J connectivity index is 1.76. The molecule has 0 amide bonds. The summed E-state index contributed by atoms with van der Waals surface area (Å²) in [6, 6.07) is 18.9. The average molecular weight is 334 g/mol. The maximum Gasteiger partial charge on any atom is 0.119 e. The Morgan fingerprint density at radius 1 is 1.05 bits per heavy atom. The molecule has 2 rings (SSSR count). The fourth-order valence-electron chi connectivity index (χ4n) is 2.17. The lowest BCUT2D eigenvalue weighted by atomic mass is 10.0. The molecule has 0 aliphatic heterocycles. The van der Waals surface area contributed by atoms with Gasteiger partial charge in [-0.1, -0.05) is 46.3 Å². The Morgan fingerprint density at radius 2 is 1.75 bits per heavy atom. The number of rotatable bonds is 7. The molecule has 0 heterocycles. The quantitative estimate of drug-likeness (QED) is 0.749. The molecule has 2 aromatic rings. The van der Waals surface area contributed by atoms with Crippen molar-refractivity contribution in [3.63, 3.8) is 0 Å². The second-order valence-electron chi connectivity index (χ2n) is 4.70. The Hall–Kier alpha value is -1.32. The Bertz CT molecular complexity index is 498. The molecule has 0 fully saturated rings. The molecule has 1 N–H and O–H groups in total. The summed E-state index contributed by atoms with van der Waals surface area (Å²) < 4.78 is 6.82. The molecule has 106 valence electrons. The molecule has 0 spiro atoms. The van der Waals surface area contributed by atoms with Gasteiger partial charge in [-0.3, -0.25) is 0 Å². The maximum absolute atomic E-state index is 5.74. The molecule has 1 atom stereocenters. The van der Waals surface area contributed by atoms with Crippen molar-refractivity contribution >= 4 is 15.9 Å². The first-order chi connectivity index (χ1) is 9.79. The van der Waals surface area contributed by atoms with Crippen molar-refractivity contribution in [3.8, 4) is 5.75 Å². The zero-order valence-corrected chi connectivity index (χ0v) is 13.3. The lowest BCUT2D eigenvalue weighted by molar-refractivity contribution is 0.298. The zero-order valence-electron chi connectivity index (χ0n) is 11.7. The van der Waals surface area contributed by atoms with Crippen LogP contribution in [0.15, 0.2) is 59.1 Å². The number of hydrogen-bond acceptors (Lipinski definition) is 2. The second-order valence-corrected chi connectivity index (χ2v) is 5.61. The minimum absolute atomic E-state index is 0.393. The molecule has 0 saturated carbocycles. The fourth-order valence-corrected chi connectivity index (χ4v) is 2.44. The summed E-state index contributed by atoms with van der Waals surface area (Å²) in [5.74, 6) is 0.925. The summed E-state index contributed by atoms with van der Waals surface area (Å²) in [7, 11) is 2.01. The van der Waals surface area contributed by atoms with Crippen LogP contribution in [0.4, 0.5) is 0 Å². The van der Waals surface area contributed by atoms with E-state index in [1.165, 1.54) is 5.56 Å². The Morgan fingerprint density at radius 3 is 2.40 bits per heavy atom. The average Bonchev–Trinajstić information content (AvgIpc) is 2.50. The number of halogens is 1. The van der Waals surface area contributed by atoms with Gasteiger partial charge < -0.3 is 10.1 Å². The van der Waals surface area contributed by atoms with E-state index in [2.05, 4.69) is 45.5 Å². The van der Waals surface area contributed by atoms with E-state index in [4.69, 9.17) is 4.74 Å². The molecule has 0 aliphatic rings. The number of nitrogens with one attached hydrogen (secondary N) is 1. The number of benzene rings is 2. The van der Waals surface area contributed by atoms with E-state index >= 15 is 0 Å². The zero-order chi connectivity index (χ0) is 14.2. The minimum Gasteiger partial charge on any atom is -0.494 e. The summed E-state index contributed by atoms with van der Waals surface area (Å²) in [5, 5.41) is 3.36. The van der Waals surface area contributed by atoms with Gasteiger partial charge >= 0.3 is 0 Å². The molecule has 2 aromatic carbocycles. The van der Waals surface area contributed by atoms with Crippen LogP contribution >= 0.6 is 15.9 Å². The molecule has 0 aliphatic carbocycles. The van der Waals surface area contributed by atoms with Crippen molar-refractivity contribution in [2.75, 3.05) is 13.7 Å². The summed E-state index contributed by atoms with van der Waals surface area (Å²) in [6.45, 7) is 0.743. The van der Waals surface area contributed by atoms with E-state index < -0.39 is 0 Å².